The molecule has 0 atom stereocenters. The number of aromatic nitrogens is 1. The van der Waals surface area contributed by atoms with E-state index in [1.807, 2.05) is 18.2 Å². The van der Waals surface area contributed by atoms with E-state index < -0.39 is 0 Å². The van der Waals surface area contributed by atoms with Crippen molar-refractivity contribution in [3.8, 4) is 5.75 Å². The first-order chi connectivity index (χ1) is 7.27. The minimum absolute atomic E-state index is 0.00976. The van der Waals surface area contributed by atoms with E-state index in [1.165, 1.54) is 0 Å². The van der Waals surface area contributed by atoms with Crippen LogP contribution in [0.3, 0.4) is 0 Å². The highest BCUT2D eigenvalue weighted by Crippen LogP contribution is 2.27. The number of carbonyl (C=O) groups is 1. The van der Waals surface area contributed by atoms with E-state index in [4.69, 9.17) is 16.3 Å². The van der Waals surface area contributed by atoms with Crippen LogP contribution in [0.25, 0.3) is 10.9 Å². The maximum absolute atomic E-state index is 11.5. The standard InChI is InChI=1S/C11H10ClNO2/c1-15-10-4-2-3-7-8(9(14)5-12)6-13-11(7)10/h2-4,6,13H,5H2,1H3. The molecule has 1 N–H and O–H groups in total. The van der Waals surface area contributed by atoms with Gasteiger partial charge in [-0.1, -0.05) is 12.1 Å². The van der Waals surface area contributed by atoms with Gasteiger partial charge in [-0.15, -0.1) is 11.6 Å². The largest absolute Gasteiger partial charge is 0.495 e. The maximum atomic E-state index is 11.5. The number of hydrogen-bond donors (Lipinski definition) is 1. The summed E-state index contributed by atoms with van der Waals surface area (Å²) in [6.45, 7) is 0. The third-order valence-electron chi connectivity index (χ3n) is 2.32. The van der Waals surface area contributed by atoms with Crippen LogP contribution in [0.1, 0.15) is 10.4 Å². The number of benzene rings is 1. The van der Waals surface area contributed by atoms with E-state index in [0.29, 0.717) is 5.56 Å². The number of H-pyrrole nitrogens is 1. The smallest absolute Gasteiger partial charge is 0.179 e. The number of rotatable bonds is 3. The molecule has 0 aliphatic rings. The molecular formula is C11H10ClNO2. The van der Waals surface area contributed by atoms with Crippen molar-refractivity contribution >= 4 is 28.3 Å². The second-order valence-corrected chi connectivity index (χ2v) is 3.41. The fourth-order valence-electron chi connectivity index (χ4n) is 1.60. The van der Waals surface area contributed by atoms with Crippen molar-refractivity contribution in [2.45, 2.75) is 0 Å². The fraction of sp³-hybridized carbons (Fsp3) is 0.182. The van der Waals surface area contributed by atoms with Crippen LogP contribution < -0.4 is 4.74 Å². The Morgan fingerprint density at radius 2 is 2.33 bits per heavy atom. The number of nitrogens with one attached hydrogen (secondary N) is 1. The van der Waals surface area contributed by atoms with Crippen molar-refractivity contribution in [1.82, 2.24) is 4.98 Å². The van der Waals surface area contributed by atoms with Gasteiger partial charge in [-0.05, 0) is 6.07 Å². The second-order valence-electron chi connectivity index (χ2n) is 3.14. The molecule has 0 radical (unpaired) electrons. The van der Waals surface area contributed by atoms with Gasteiger partial charge in [0, 0.05) is 17.1 Å². The van der Waals surface area contributed by atoms with E-state index in [1.54, 1.807) is 13.3 Å². The van der Waals surface area contributed by atoms with Crippen LogP contribution >= 0.6 is 11.6 Å². The van der Waals surface area contributed by atoms with Crippen molar-refractivity contribution in [1.29, 1.82) is 0 Å². The lowest BCUT2D eigenvalue weighted by Crippen LogP contribution is -1.98. The Hall–Kier alpha value is -1.48. The van der Waals surface area contributed by atoms with Gasteiger partial charge in [0.2, 0.25) is 0 Å². The number of ether oxygens (including phenoxy) is 1. The Kier molecular flexibility index (Phi) is 2.64. The van der Waals surface area contributed by atoms with Gasteiger partial charge < -0.3 is 9.72 Å². The molecular weight excluding hydrogens is 214 g/mol. The Balaban J connectivity index is 2.66. The first-order valence-corrected chi connectivity index (χ1v) is 5.04. The average molecular weight is 224 g/mol. The molecule has 2 rings (SSSR count). The SMILES string of the molecule is COc1cccc2c(C(=O)CCl)c[nH]c12. The number of ketones is 1. The van der Waals surface area contributed by atoms with E-state index in [0.717, 1.165) is 16.7 Å². The van der Waals surface area contributed by atoms with Gasteiger partial charge in [0.05, 0.1) is 18.5 Å². The van der Waals surface area contributed by atoms with Crippen molar-refractivity contribution < 1.29 is 9.53 Å². The summed E-state index contributed by atoms with van der Waals surface area (Å²) >= 11 is 5.52. The summed E-state index contributed by atoms with van der Waals surface area (Å²) in [6, 6.07) is 5.56. The van der Waals surface area contributed by atoms with Gasteiger partial charge >= 0.3 is 0 Å². The van der Waals surface area contributed by atoms with Gasteiger partial charge in [0.25, 0.3) is 0 Å². The number of hydrogen-bond acceptors (Lipinski definition) is 2. The van der Waals surface area contributed by atoms with Crippen LogP contribution in [0, 0.1) is 0 Å². The molecule has 0 aliphatic heterocycles. The van der Waals surface area contributed by atoms with E-state index in [-0.39, 0.29) is 11.7 Å². The summed E-state index contributed by atoms with van der Waals surface area (Å²) in [5.41, 5.74) is 1.44. The summed E-state index contributed by atoms with van der Waals surface area (Å²) < 4.78 is 5.18. The Morgan fingerprint density at radius 3 is 3.00 bits per heavy atom. The van der Waals surface area contributed by atoms with Crippen LogP contribution in [0.15, 0.2) is 24.4 Å². The number of fused-ring (bicyclic) bond motifs is 1. The Labute approximate surface area is 92.0 Å². The van der Waals surface area contributed by atoms with Crippen LogP contribution in [0.2, 0.25) is 0 Å². The summed E-state index contributed by atoms with van der Waals surface area (Å²) in [6.07, 6.45) is 1.66. The molecule has 0 fully saturated rings. The zero-order chi connectivity index (χ0) is 10.8. The second kappa shape index (κ2) is 3.95. The highest BCUT2D eigenvalue weighted by molar-refractivity contribution is 6.32. The van der Waals surface area contributed by atoms with Gasteiger partial charge in [0.1, 0.15) is 5.75 Å². The number of para-hydroxylation sites is 1. The minimum Gasteiger partial charge on any atom is -0.495 e. The minimum atomic E-state index is -0.0869. The molecule has 0 aliphatic carbocycles. The normalized spacial score (nSPS) is 10.5. The van der Waals surface area contributed by atoms with E-state index in [2.05, 4.69) is 4.98 Å². The number of carbonyl (C=O) groups excluding carboxylic acids is 1. The highest BCUT2D eigenvalue weighted by Gasteiger charge is 2.12. The number of Topliss-reactive ketones (excluding diaryl/α,β-unsaturated/α-hetero) is 1. The molecule has 0 spiro atoms. The van der Waals surface area contributed by atoms with Crippen molar-refractivity contribution in [2.75, 3.05) is 13.0 Å². The van der Waals surface area contributed by atoms with Crippen LogP contribution in [0.5, 0.6) is 5.75 Å². The molecule has 0 saturated heterocycles. The number of aromatic amines is 1. The summed E-state index contributed by atoms with van der Waals surface area (Å²) in [4.78, 5) is 14.5. The molecule has 15 heavy (non-hydrogen) atoms. The van der Waals surface area contributed by atoms with E-state index in [9.17, 15) is 4.79 Å². The third-order valence-corrected chi connectivity index (χ3v) is 2.56. The van der Waals surface area contributed by atoms with Gasteiger partial charge in [-0.25, -0.2) is 0 Å². The quantitative estimate of drug-likeness (QED) is 0.642. The zero-order valence-corrected chi connectivity index (χ0v) is 8.97. The Bertz CT molecular complexity index is 504. The molecule has 0 saturated carbocycles. The molecule has 0 bridgehead atoms. The number of methoxy groups -OCH3 is 1. The fourth-order valence-corrected chi connectivity index (χ4v) is 1.74. The summed E-state index contributed by atoms with van der Waals surface area (Å²) in [5.74, 6) is 0.627. The molecule has 2 aromatic rings. The molecule has 1 aromatic carbocycles. The lowest BCUT2D eigenvalue weighted by atomic mass is 10.1. The van der Waals surface area contributed by atoms with Gasteiger partial charge in [-0.3, -0.25) is 4.79 Å². The van der Waals surface area contributed by atoms with Crippen LogP contribution in [-0.4, -0.2) is 23.8 Å². The van der Waals surface area contributed by atoms with Crippen molar-refractivity contribution in [2.24, 2.45) is 0 Å². The molecule has 0 unspecified atom stereocenters. The molecule has 78 valence electrons. The molecule has 1 aromatic heterocycles. The van der Waals surface area contributed by atoms with Crippen molar-refractivity contribution in [3.05, 3.63) is 30.0 Å². The number of halogens is 1. The zero-order valence-electron chi connectivity index (χ0n) is 8.21. The lowest BCUT2D eigenvalue weighted by molar-refractivity contribution is 0.102. The Morgan fingerprint density at radius 1 is 1.53 bits per heavy atom. The third kappa shape index (κ3) is 1.59. The predicted octanol–water partition coefficient (Wildman–Crippen LogP) is 2.60. The molecule has 3 nitrogen and oxygen atoms in total. The first-order valence-electron chi connectivity index (χ1n) is 4.51. The first kappa shape index (κ1) is 10.1. The molecule has 0 amide bonds. The van der Waals surface area contributed by atoms with Crippen LogP contribution in [-0.2, 0) is 0 Å². The molecule has 1 heterocycles. The van der Waals surface area contributed by atoms with Crippen molar-refractivity contribution in [3.63, 3.8) is 0 Å². The monoisotopic (exact) mass is 223 g/mol. The van der Waals surface area contributed by atoms with Gasteiger partial charge in [-0.2, -0.15) is 0 Å². The highest BCUT2D eigenvalue weighted by atomic mass is 35.5. The predicted molar refractivity (Wildman–Crippen MR) is 59.9 cm³/mol. The topological polar surface area (TPSA) is 42.1 Å². The van der Waals surface area contributed by atoms with E-state index >= 15 is 0 Å². The van der Waals surface area contributed by atoms with Gasteiger partial charge in [0.15, 0.2) is 5.78 Å². The summed E-state index contributed by atoms with van der Waals surface area (Å²) in [7, 11) is 1.60. The molecule has 4 heteroatoms. The average Bonchev–Trinajstić information content (AvgIpc) is 2.71. The number of alkyl halides is 1. The summed E-state index contributed by atoms with van der Waals surface area (Å²) in [5, 5.41) is 0.847. The maximum Gasteiger partial charge on any atom is 0.179 e. The van der Waals surface area contributed by atoms with Crippen LogP contribution in [0.4, 0.5) is 0 Å². The lowest BCUT2D eigenvalue weighted by Gasteiger charge is -2.00.